The molecule has 0 saturated heterocycles. The first-order valence-corrected chi connectivity index (χ1v) is 6.13. The summed E-state index contributed by atoms with van der Waals surface area (Å²) in [6, 6.07) is 10.6. The second kappa shape index (κ2) is 5.21. The summed E-state index contributed by atoms with van der Waals surface area (Å²) in [5, 5.41) is 8.83. The molecule has 0 aliphatic carbocycles. The lowest BCUT2D eigenvalue weighted by atomic mass is 9.93. The average molecular weight is 293 g/mol. The lowest BCUT2D eigenvalue weighted by Crippen LogP contribution is -2.36. The maximum Gasteiger partial charge on any atom is 0.341 e. The first-order chi connectivity index (χ1) is 9.80. The van der Waals surface area contributed by atoms with E-state index in [2.05, 4.69) is 0 Å². The number of hydrogen-bond donors (Lipinski definition) is 0. The molecule has 0 fully saturated rings. The Hall–Kier alpha value is -2.35. The molecule has 0 amide bonds. The Bertz CT molecular complexity index is 684. The fourth-order valence-corrected chi connectivity index (χ4v) is 1.97. The van der Waals surface area contributed by atoms with Crippen molar-refractivity contribution in [2.24, 2.45) is 0 Å². The van der Waals surface area contributed by atoms with Gasteiger partial charge in [-0.05, 0) is 13.0 Å². The Kier molecular flexibility index (Phi) is 3.73. The van der Waals surface area contributed by atoms with Crippen LogP contribution < -0.4 is 0 Å². The highest BCUT2D eigenvalue weighted by molar-refractivity contribution is 5.42. The highest BCUT2D eigenvalue weighted by atomic mass is 19.3. The van der Waals surface area contributed by atoms with E-state index in [1.165, 1.54) is 30.3 Å². The number of halogens is 4. The minimum atomic E-state index is -4.48. The van der Waals surface area contributed by atoms with Crippen molar-refractivity contribution < 1.29 is 17.6 Å². The zero-order valence-corrected chi connectivity index (χ0v) is 11.1. The first-order valence-electron chi connectivity index (χ1n) is 6.13. The summed E-state index contributed by atoms with van der Waals surface area (Å²) >= 11 is 0. The molecular weight excluding hydrogens is 282 g/mol. The Morgan fingerprint density at radius 1 is 0.857 bits per heavy atom. The van der Waals surface area contributed by atoms with Gasteiger partial charge < -0.3 is 0 Å². The molecular formula is C16H11F4N. The van der Waals surface area contributed by atoms with Crippen LogP contribution in [0.1, 0.15) is 22.3 Å². The normalized spacial score (nSPS) is 12.0. The van der Waals surface area contributed by atoms with Crippen LogP contribution in [0.2, 0.25) is 0 Å². The number of nitrogens with zero attached hydrogens (tertiary/aromatic N) is 1. The largest absolute Gasteiger partial charge is 0.341 e. The van der Waals surface area contributed by atoms with Gasteiger partial charge in [-0.3, -0.25) is 0 Å². The number of rotatable bonds is 3. The van der Waals surface area contributed by atoms with Crippen LogP contribution >= 0.6 is 0 Å². The van der Waals surface area contributed by atoms with Crippen LogP contribution in [0.5, 0.6) is 0 Å². The van der Waals surface area contributed by atoms with E-state index >= 15 is 0 Å². The van der Waals surface area contributed by atoms with Crippen LogP contribution in [-0.4, -0.2) is 0 Å². The number of aryl methyl sites for hydroxylation is 1. The first kappa shape index (κ1) is 15.0. The molecule has 0 saturated carbocycles. The van der Waals surface area contributed by atoms with Gasteiger partial charge in [0.25, 0.3) is 0 Å². The Morgan fingerprint density at radius 3 is 2.00 bits per heavy atom. The Labute approximate surface area is 119 Å². The second-order valence-corrected chi connectivity index (χ2v) is 4.67. The van der Waals surface area contributed by atoms with Gasteiger partial charge in [-0.15, -0.1) is 0 Å². The standard InChI is InChI=1S/C16H11F4N/c1-11-6-8-13(9-7-11)15(17,18)16(19,20)14-5-3-2-4-12(14)10-21/h2-9H,1H3. The van der Waals surface area contributed by atoms with Gasteiger partial charge in [-0.25, -0.2) is 0 Å². The molecule has 0 atom stereocenters. The third kappa shape index (κ3) is 2.49. The maximum absolute atomic E-state index is 14.3. The van der Waals surface area contributed by atoms with Crippen LogP contribution in [0, 0.1) is 18.3 Å². The molecule has 0 N–H and O–H groups in total. The molecule has 0 aromatic heterocycles. The maximum atomic E-state index is 14.3. The summed E-state index contributed by atoms with van der Waals surface area (Å²) in [6.45, 7) is 1.67. The summed E-state index contributed by atoms with van der Waals surface area (Å²) in [5.74, 6) is -8.89. The minimum Gasteiger partial charge on any atom is -0.194 e. The van der Waals surface area contributed by atoms with E-state index in [0.717, 1.165) is 24.3 Å². The summed E-state index contributed by atoms with van der Waals surface area (Å²) in [6.07, 6.45) is 0. The van der Waals surface area contributed by atoms with E-state index in [-0.39, 0.29) is 0 Å². The van der Waals surface area contributed by atoms with Crippen LogP contribution in [0.15, 0.2) is 48.5 Å². The molecule has 0 aliphatic rings. The molecule has 0 spiro atoms. The predicted molar refractivity (Wildman–Crippen MR) is 70.1 cm³/mol. The summed E-state index contributed by atoms with van der Waals surface area (Å²) in [7, 11) is 0. The monoisotopic (exact) mass is 293 g/mol. The molecule has 5 heteroatoms. The van der Waals surface area contributed by atoms with E-state index in [9.17, 15) is 17.6 Å². The van der Waals surface area contributed by atoms with Crippen LogP contribution in [0.3, 0.4) is 0 Å². The van der Waals surface area contributed by atoms with Gasteiger partial charge in [0.1, 0.15) is 0 Å². The van der Waals surface area contributed by atoms with Crippen molar-refractivity contribution in [1.82, 2.24) is 0 Å². The van der Waals surface area contributed by atoms with Gasteiger partial charge >= 0.3 is 11.8 Å². The third-order valence-corrected chi connectivity index (χ3v) is 3.19. The molecule has 108 valence electrons. The number of nitriles is 1. The van der Waals surface area contributed by atoms with E-state index in [0.29, 0.717) is 5.56 Å². The van der Waals surface area contributed by atoms with Crippen molar-refractivity contribution in [3.05, 3.63) is 70.8 Å². The Morgan fingerprint density at radius 2 is 1.43 bits per heavy atom. The van der Waals surface area contributed by atoms with Crippen molar-refractivity contribution in [3.63, 3.8) is 0 Å². The molecule has 1 nitrogen and oxygen atoms in total. The molecule has 0 heterocycles. The fourth-order valence-electron chi connectivity index (χ4n) is 1.97. The zero-order valence-electron chi connectivity index (χ0n) is 11.1. The van der Waals surface area contributed by atoms with Gasteiger partial charge in [-0.2, -0.15) is 22.8 Å². The number of hydrogen-bond acceptors (Lipinski definition) is 1. The number of benzene rings is 2. The molecule has 0 aliphatic heterocycles. The molecule has 21 heavy (non-hydrogen) atoms. The van der Waals surface area contributed by atoms with Crippen LogP contribution in [-0.2, 0) is 11.8 Å². The fraction of sp³-hybridized carbons (Fsp3) is 0.188. The smallest absolute Gasteiger partial charge is 0.194 e. The third-order valence-electron chi connectivity index (χ3n) is 3.19. The lowest BCUT2D eigenvalue weighted by Gasteiger charge is -2.27. The highest BCUT2D eigenvalue weighted by Crippen LogP contribution is 2.50. The van der Waals surface area contributed by atoms with Crippen molar-refractivity contribution >= 4 is 0 Å². The summed E-state index contributed by atoms with van der Waals surface area (Å²) < 4.78 is 56.9. The predicted octanol–water partition coefficient (Wildman–Crippen LogP) is 4.75. The van der Waals surface area contributed by atoms with Crippen molar-refractivity contribution in [3.8, 4) is 6.07 Å². The molecule has 2 rings (SSSR count). The zero-order chi connectivity index (χ0) is 15.7. The number of alkyl halides is 4. The molecule has 0 unspecified atom stereocenters. The molecule has 2 aromatic rings. The van der Waals surface area contributed by atoms with Crippen LogP contribution in [0.4, 0.5) is 17.6 Å². The lowest BCUT2D eigenvalue weighted by molar-refractivity contribution is -0.224. The minimum absolute atomic E-state index is 0.464. The summed E-state index contributed by atoms with van der Waals surface area (Å²) in [4.78, 5) is 0. The van der Waals surface area contributed by atoms with Gasteiger partial charge in [-0.1, -0.05) is 48.0 Å². The van der Waals surface area contributed by atoms with Gasteiger partial charge in [0, 0.05) is 11.1 Å². The van der Waals surface area contributed by atoms with Crippen molar-refractivity contribution in [2.45, 2.75) is 18.8 Å². The molecule has 0 radical (unpaired) electrons. The van der Waals surface area contributed by atoms with E-state index in [4.69, 9.17) is 5.26 Å². The second-order valence-electron chi connectivity index (χ2n) is 4.67. The van der Waals surface area contributed by atoms with Gasteiger partial charge in [0.05, 0.1) is 11.6 Å². The van der Waals surface area contributed by atoms with Crippen molar-refractivity contribution in [2.75, 3.05) is 0 Å². The van der Waals surface area contributed by atoms with E-state index in [1.54, 1.807) is 6.92 Å². The van der Waals surface area contributed by atoms with Gasteiger partial charge in [0.2, 0.25) is 0 Å². The topological polar surface area (TPSA) is 23.8 Å². The van der Waals surface area contributed by atoms with Gasteiger partial charge in [0.15, 0.2) is 0 Å². The quantitative estimate of drug-likeness (QED) is 0.749. The van der Waals surface area contributed by atoms with E-state index < -0.39 is 28.5 Å². The van der Waals surface area contributed by atoms with Crippen molar-refractivity contribution in [1.29, 1.82) is 5.26 Å². The average Bonchev–Trinajstić information content (AvgIpc) is 2.47. The van der Waals surface area contributed by atoms with Crippen LogP contribution in [0.25, 0.3) is 0 Å². The molecule has 0 bridgehead atoms. The summed E-state index contributed by atoms with van der Waals surface area (Å²) in [5.41, 5.74) is -1.53. The highest BCUT2D eigenvalue weighted by Gasteiger charge is 2.59. The van der Waals surface area contributed by atoms with E-state index in [1.807, 2.05) is 0 Å². The SMILES string of the molecule is Cc1ccc(C(F)(F)C(F)(F)c2ccccc2C#N)cc1. The molecule has 2 aromatic carbocycles. The Balaban J connectivity index is 2.56.